The molecule has 0 atom stereocenters. The van der Waals surface area contributed by atoms with Gasteiger partial charge in [0.15, 0.2) is 5.75 Å². The zero-order valence-corrected chi connectivity index (χ0v) is 10.7. The standard InChI is InChI=1S/C14H17NO3/c1-3-4-5-8-17-14(16)12-7-6-11(2)9-13(12)18-10-15/h6-7,9H,3-5,8H2,1-2H3. The van der Waals surface area contributed by atoms with Gasteiger partial charge in [-0.3, -0.25) is 0 Å². The molecule has 0 saturated carbocycles. The van der Waals surface area contributed by atoms with E-state index in [4.69, 9.17) is 14.7 Å². The normalized spacial score (nSPS) is 9.61. The highest BCUT2D eigenvalue weighted by Crippen LogP contribution is 2.21. The monoisotopic (exact) mass is 247 g/mol. The number of aryl methyl sites for hydroxylation is 1. The molecule has 0 N–H and O–H groups in total. The van der Waals surface area contributed by atoms with Crippen molar-refractivity contribution in [3.05, 3.63) is 29.3 Å². The lowest BCUT2D eigenvalue weighted by molar-refractivity contribution is 0.0495. The number of benzene rings is 1. The molecule has 0 aliphatic carbocycles. The zero-order valence-electron chi connectivity index (χ0n) is 10.7. The molecule has 1 aromatic carbocycles. The van der Waals surface area contributed by atoms with E-state index in [9.17, 15) is 4.79 Å². The van der Waals surface area contributed by atoms with Crippen LogP contribution in [0, 0.1) is 18.4 Å². The van der Waals surface area contributed by atoms with Gasteiger partial charge in [-0.05, 0) is 31.0 Å². The number of nitrogens with zero attached hydrogens (tertiary/aromatic N) is 1. The first-order valence-electron chi connectivity index (χ1n) is 6.02. The summed E-state index contributed by atoms with van der Waals surface area (Å²) in [7, 11) is 0. The SMILES string of the molecule is CCCCCOC(=O)c1ccc(C)cc1OC#N. The van der Waals surface area contributed by atoms with Crippen molar-refractivity contribution >= 4 is 5.97 Å². The summed E-state index contributed by atoms with van der Waals surface area (Å²) in [6.07, 6.45) is 4.53. The second-order valence-corrected chi connectivity index (χ2v) is 4.04. The van der Waals surface area contributed by atoms with E-state index in [1.165, 1.54) is 0 Å². The Labute approximate surface area is 107 Å². The van der Waals surface area contributed by atoms with Crippen LogP contribution in [0.3, 0.4) is 0 Å². The van der Waals surface area contributed by atoms with Crippen LogP contribution in [0.2, 0.25) is 0 Å². The Bertz CT molecular complexity index is 449. The van der Waals surface area contributed by atoms with Crippen molar-refractivity contribution in [3.63, 3.8) is 0 Å². The quantitative estimate of drug-likeness (QED) is 0.440. The van der Waals surface area contributed by atoms with Crippen molar-refractivity contribution in [2.45, 2.75) is 33.1 Å². The molecule has 1 rings (SSSR count). The fourth-order valence-corrected chi connectivity index (χ4v) is 1.53. The Balaban J connectivity index is 2.69. The van der Waals surface area contributed by atoms with Gasteiger partial charge in [0.25, 0.3) is 6.26 Å². The van der Waals surface area contributed by atoms with Crippen LogP contribution in [-0.2, 0) is 4.74 Å². The molecule has 0 heterocycles. The van der Waals surface area contributed by atoms with Gasteiger partial charge in [-0.2, -0.15) is 0 Å². The van der Waals surface area contributed by atoms with Crippen LogP contribution in [0.15, 0.2) is 18.2 Å². The Morgan fingerprint density at radius 1 is 1.39 bits per heavy atom. The van der Waals surface area contributed by atoms with E-state index in [0.29, 0.717) is 12.2 Å². The Kier molecular flexibility index (Phi) is 5.72. The van der Waals surface area contributed by atoms with Crippen molar-refractivity contribution in [2.75, 3.05) is 6.61 Å². The van der Waals surface area contributed by atoms with Crippen molar-refractivity contribution in [3.8, 4) is 12.0 Å². The molecule has 0 aliphatic rings. The van der Waals surface area contributed by atoms with E-state index in [1.54, 1.807) is 24.5 Å². The molecule has 0 aromatic heterocycles. The number of esters is 1. The molecule has 0 radical (unpaired) electrons. The van der Waals surface area contributed by atoms with Gasteiger partial charge in [0.1, 0.15) is 5.56 Å². The van der Waals surface area contributed by atoms with Crippen LogP contribution in [0.4, 0.5) is 0 Å². The fraction of sp³-hybridized carbons (Fsp3) is 0.429. The number of nitriles is 1. The first-order valence-corrected chi connectivity index (χ1v) is 6.02. The number of hydrogen-bond acceptors (Lipinski definition) is 4. The van der Waals surface area contributed by atoms with Crippen LogP contribution in [0.5, 0.6) is 5.75 Å². The largest absolute Gasteiger partial charge is 0.462 e. The van der Waals surface area contributed by atoms with Gasteiger partial charge >= 0.3 is 5.97 Å². The third kappa shape index (κ3) is 4.10. The molecule has 0 saturated heterocycles. The first-order chi connectivity index (χ1) is 8.69. The van der Waals surface area contributed by atoms with Gasteiger partial charge in [0.2, 0.25) is 0 Å². The first kappa shape index (κ1) is 14.0. The topological polar surface area (TPSA) is 59.3 Å². The summed E-state index contributed by atoms with van der Waals surface area (Å²) >= 11 is 0. The summed E-state index contributed by atoms with van der Waals surface area (Å²) in [5, 5.41) is 8.54. The number of ether oxygens (including phenoxy) is 2. The number of rotatable bonds is 6. The van der Waals surface area contributed by atoms with Crippen LogP contribution in [-0.4, -0.2) is 12.6 Å². The molecule has 1 aromatic rings. The minimum absolute atomic E-state index is 0.248. The second-order valence-electron chi connectivity index (χ2n) is 4.04. The highest BCUT2D eigenvalue weighted by atomic mass is 16.5. The fourth-order valence-electron chi connectivity index (χ4n) is 1.53. The van der Waals surface area contributed by atoms with E-state index in [1.807, 2.05) is 6.92 Å². The van der Waals surface area contributed by atoms with Gasteiger partial charge in [0, 0.05) is 0 Å². The molecule has 0 aliphatic heterocycles. The molecule has 0 unspecified atom stereocenters. The number of carbonyl (C=O) groups excluding carboxylic acids is 1. The van der Waals surface area contributed by atoms with Gasteiger partial charge in [0.05, 0.1) is 6.61 Å². The molecule has 4 nitrogen and oxygen atoms in total. The van der Waals surface area contributed by atoms with Crippen molar-refractivity contribution in [2.24, 2.45) is 0 Å². The van der Waals surface area contributed by atoms with Gasteiger partial charge in [-0.15, -0.1) is 5.26 Å². The number of carbonyl (C=O) groups is 1. The third-order valence-corrected chi connectivity index (χ3v) is 2.49. The van der Waals surface area contributed by atoms with E-state index in [0.717, 1.165) is 24.8 Å². The van der Waals surface area contributed by atoms with E-state index >= 15 is 0 Å². The van der Waals surface area contributed by atoms with Crippen LogP contribution in [0.25, 0.3) is 0 Å². The van der Waals surface area contributed by atoms with E-state index in [2.05, 4.69) is 6.92 Å². The van der Waals surface area contributed by atoms with Crippen molar-refractivity contribution < 1.29 is 14.3 Å². The number of hydrogen-bond donors (Lipinski definition) is 0. The number of unbranched alkanes of at least 4 members (excludes halogenated alkanes) is 2. The minimum atomic E-state index is -0.448. The minimum Gasteiger partial charge on any atom is -0.462 e. The lowest BCUT2D eigenvalue weighted by Crippen LogP contribution is -2.08. The lowest BCUT2D eigenvalue weighted by atomic mass is 10.1. The maximum atomic E-state index is 11.8. The van der Waals surface area contributed by atoms with Crippen LogP contribution >= 0.6 is 0 Å². The summed E-state index contributed by atoms with van der Waals surface area (Å²) in [5.74, 6) is -0.200. The predicted octanol–water partition coefficient (Wildman–Crippen LogP) is 3.20. The van der Waals surface area contributed by atoms with Crippen molar-refractivity contribution in [1.82, 2.24) is 0 Å². The Hall–Kier alpha value is -2.02. The zero-order chi connectivity index (χ0) is 13.4. The molecular formula is C14H17NO3. The van der Waals surface area contributed by atoms with Crippen LogP contribution in [0.1, 0.15) is 42.1 Å². The molecule has 4 heteroatoms. The van der Waals surface area contributed by atoms with E-state index in [-0.39, 0.29) is 5.75 Å². The average Bonchev–Trinajstić information content (AvgIpc) is 2.35. The molecular weight excluding hydrogens is 230 g/mol. The molecule has 96 valence electrons. The van der Waals surface area contributed by atoms with Crippen molar-refractivity contribution in [1.29, 1.82) is 5.26 Å². The highest BCUT2D eigenvalue weighted by Gasteiger charge is 2.14. The lowest BCUT2D eigenvalue weighted by Gasteiger charge is -2.07. The Morgan fingerprint density at radius 2 is 2.17 bits per heavy atom. The smallest absolute Gasteiger partial charge is 0.341 e. The Morgan fingerprint density at radius 3 is 2.83 bits per heavy atom. The molecule has 18 heavy (non-hydrogen) atoms. The highest BCUT2D eigenvalue weighted by molar-refractivity contribution is 5.92. The molecule has 0 fully saturated rings. The molecule has 0 spiro atoms. The summed E-state index contributed by atoms with van der Waals surface area (Å²) in [6.45, 7) is 4.34. The van der Waals surface area contributed by atoms with Gasteiger partial charge in [-0.1, -0.05) is 25.8 Å². The second kappa shape index (κ2) is 7.33. The average molecular weight is 247 g/mol. The summed E-state index contributed by atoms with van der Waals surface area (Å²) in [5.41, 5.74) is 1.21. The molecule has 0 bridgehead atoms. The van der Waals surface area contributed by atoms with Gasteiger partial charge in [-0.25, -0.2) is 4.79 Å². The summed E-state index contributed by atoms with van der Waals surface area (Å²) in [4.78, 5) is 11.8. The maximum Gasteiger partial charge on any atom is 0.341 e. The summed E-state index contributed by atoms with van der Waals surface area (Å²) in [6, 6.07) is 5.04. The summed E-state index contributed by atoms with van der Waals surface area (Å²) < 4.78 is 9.90. The predicted molar refractivity (Wildman–Crippen MR) is 67.2 cm³/mol. The van der Waals surface area contributed by atoms with Crippen LogP contribution < -0.4 is 4.74 Å². The van der Waals surface area contributed by atoms with Gasteiger partial charge < -0.3 is 9.47 Å². The van der Waals surface area contributed by atoms with E-state index < -0.39 is 5.97 Å². The third-order valence-electron chi connectivity index (χ3n) is 2.49. The maximum absolute atomic E-state index is 11.8. The molecule has 0 amide bonds.